The molecule has 2 aromatic carbocycles. The second-order valence-electron chi connectivity index (χ2n) is 12.6. The normalized spacial score (nSPS) is 28.9. The fourth-order valence-corrected chi connectivity index (χ4v) is 8.88. The Balaban J connectivity index is 1.41. The number of carbonyl (C=O) groups excluding carboxylic acids is 3. The standard InChI is InChI=1S/C36H43BrN4O6/c1-3-15-39(18-17-38-19-21-46-22-20-38)35(45)32-36-23-27(37)31(47-36)29(33(43)40(16-4-2)26-13-9-6-10-14-26)30(36)34(44)41(32)28(24-42)25-11-7-5-8-12-25/h3-14,27-32,42H,1-2,15-24H2/t27?,28-,29-,30+,31-,32?,36?/m1/s1. The highest BCUT2D eigenvalue weighted by molar-refractivity contribution is 9.09. The molecule has 1 N–H and O–H groups in total. The third-order valence-electron chi connectivity index (χ3n) is 10.0. The molecule has 11 heteroatoms. The molecular formula is C36H43BrN4O6. The van der Waals surface area contributed by atoms with Gasteiger partial charge in [-0.15, -0.1) is 13.2 Å². The van der Waals surface area contributed by atoms with E-state index in [0.717, 1.165) is 13.1 Å². The molecule has 1 spiro atoms. The van der Waals surface area contributed by atoms with Gasteiger partial charge in [0.2, 0.25) is 17.7 Å². The smallest absolute Gasteiger partial charge is 0.248 e. The number of para-hydroxylation sites is 1. The van der Waals surface area contributed by atoms with E-state index in [9.17, 15) is 19.5 Å². The number of fused-ring (bicyclic) bond motifs is 1. The highest BCUT2D eigenvalue weighted by Crippen LogP contribution is 2.61. The zero-order valence-electron chi connectivity index (χ0n) is 26.5. The van der Waals surface area contributed by atoms with E-state index in [1.165, 1.54) is 4.90 Å². The quantitative estimate of drug-likeness (QED) is 0.253. The van der Waals surface area contributed by atoms with E-state index in [2.05, 4.69) is 34.0 Å². The summed E-state index contributed by atoms with van der Waals surface area (Å²) in [6.07, 6.45) is 3.10. The number of hydrogen-bond acceptors (Lipinski definition) is 7. The fraction of sp³-hybridized carbons (Fsp3) is 0.472. The van der Waals surface area contributed by atoms with Crippen molar-refractivity contribution in [2.45, 2.75) is 35.0 Å². The lowest BCUT2D eigenvalue weighted by Crippen LogP contribution is -2.58. The molecule has 4 heterocycles. The van der Waals surface area contributed by atoms with Gasteiger partial charge in [0.05, 0.1) is 43.8 Å². The number of alkyl halides is 1. The van der Waals surface area contributed by atoms with Crippen LogP contribution in [0, 0.1) is 11.8 Å². The minimum Gasteiger partial charge on any atom is -0.394 e. The molecule has 4 fully saturated rings. The van der Waals surface area contributed by atoms with Crippen LogP contribution in [0.2, 0.25) is 0 Å². The Morgan fingerprint density at radius 2 is 1.68 bits per heavy atom. The average Bonchev–Trinajstić information content (AvgIpc) is 3.70. The molecule has 3 amide bonds. The Morgan fingerprint density at radius 1 is 1.02 bits per heavy atom. The lowest BCUT2D eigenvalue weighted by molar-refractivity contribution is -0.151. The number of halogens is 1. The molecule has 10 nitrogen and oxygen atoms in total. The Morgan fingerprint density at radius 3 is 2.32 bits per heavy atom. The fourth-order valence-electron chi connectivity index (χ4n) is 7.94. The Bertz CT molecular complexity index is 1460. The molecule has 4 aliphatic rings. The van der Waals surface area contributed by atoms with Crippen molar-refractivity contribution in [2.75, 3.05) is 64.0 Å². The van der Waals surface area contributed by atoms with Gasteiger partial charge in [-0.05, 0) is 24.1 Å². The van der Waals surface area contributed by atoms with Crippen LogP contribution in [0.15, 0.2) is 86.0 Å². The number of aliphatic hydroxyl groups excluding tert-OH is 1. The van der Waals surface area contributed by atoms with Crippen molar-refractivity contribution in [1.29, 1.82) is 0 Å². The van der Waals surface area contributed by atoms with Crippen LogP contribution in [-0.2, 0) is 23.9 Å². The number of rotatable bonds is 13. The number of hydrogen-bond donors (Lipinski definition) is 1. The van der Waals surface area contributed by atoms with Gasteiger partial charge in [-0.25, -0.2) is 0 Å². The van der Waals surface area contributed by atoms with Gasteiger partial charge in [-0.3, -0.25) is 19.3 Å². The zero-order valence-corrected chi connectivity index (χ0v) is 28.1. The summed E-state index contributed by atoms with van der Waals surface area (Å²) in [5.41, 5.74) is 0.115. The van der Waals surface area contributed by atoms with E-state index >= 15 is 0 Å². The van der Waals surface area contributed by atoms with Crippen LogP contribution >= 0.6 is 15.9 Å². The first kappa shape index (κ1) is 33.5. The summed E-state index contributed by atoms with van der Waals surface area (Å²) in [5.74, 6) is -2.65. The maximum Gasteiger partial charge on any atom is 0.248 e. The topological polar surface area (TPSA) is 103 Å². The van der Waals surface area contributed by atoms with E-state index in [1.54, 1.807) is 22.0 Å². The Hall–Kier alpha value is -3.35. The summed E-state index contributed by atoms with van der Waals surface area (Å²) in [4.78, 5) is 51.3. The summed E-state index contributed by atoms with van der Waals surface area (Å²) in [6, 6.07) is 16.7. The van der Waals surface area contributed by atoms with E-state index in [1.807, 2.05) is 60.7 Å². The van der Waals surface area contributed by atoms with Crippen LogP contribution in [-0.4, -0.2) is 119 Å². The number of benzene rings is 2. The minimum absolute atomic E-state index is 0.247. The molecule has 250 valence electrons. The maximum atomic E-state index is 14.9. The van der Waals surface area contributed by atoms with Crippen molar-refractivity contribution in [3.63, 3.8) is 0 Å². The summed E-state index contributed by atoms with van der Waals surface area (Å²) in [5, 5.41) is 10.8. The predicted molar refractivity (Wildman–Crippen MR) is 182 cm³/mol. The van der Waals surface area contributed by atoms with Crippen molar-refractivity contribution in [2.24, 2.45) is 11.8 Å². The van der Waals surface area contributed by atoms with Crippen LogP contribution in [0.5, 0.6) is 0 Å². The van der Waals surface area contributed by atoms with Gasteiger partial charge in [-0.2, -0.15) is 0 Å². The number of ether oxygens (including phenoxy) is 2. The van der Waals surface area contributed by atoms with Gasteiger partial charge in [0.15, 0.2) is 0 Å². The number of nitrogens with zero attached hydrogens (tertiary/aromatic N) is 4. The highest BCUT2D eigenvalue weighted by Gasteiger charge is 2.77. The molecule has 3 unspecified atom stereocenters. The van der Waals surface area contributed by atoms with Crippen molar-refractivity contribution in [3.05, 3.63) is 91.5 Å². The third kappa shape index (κ3) is 6.08. The number of amides is 3. The van der Waals surface area contributed by atoms with Gasteiger partial charge in [-0.1, -0.05) is 76.6 Å². The summed E-state index contributed by atoms with van der Waals surface area (Å²) < 4.78 is 12.3. The second kappa shape index (κ2) is 14.4. The third-order valence-corrected chi connectivity index (χ3v) is 10.9. The summed E-state index contributed by atoms with van der Waals surface area (Å²) >= 11 is 3.79. The molecule has 2 bridgehead atoms. The number of morpholine rings is 1. The van der Waals surface area contributed by atoms with Crippen LogP contribution in [0.25, 0.3) is 0 Å². The highest BCUT2D eigenvalue weighted by atomic mass is 79.9. The van der Waals surface area contributed by atoms with E-state index in [-0.39, 0.29) is 35.6 Å². The first-order valence-corrected chi connectivity index (χ1v) is 17.2. The first-order chi connectivity index (χ1) is 22.9. The number of aliphatic hydroxyl groups is 1. The molecule has 6 rings (SSSR count). The number of likely N-dealkylation sites (tertiary alicyclic amines) is 1. The monoisotopic (exact) mass is 706 g/mol. The largest absolute Gasteiger partial charge is 0.394 e. The molecular weight excluding hydrogens is 664 g/mol. The second-order valence-corrected chi connectivity index (χ2v) is 13.8. The molecule has 7 atom stereocenters. The summed E-state index contributed by atoms with van der Waals surface area (Å²) in [6.45, 7) is 11.8. The molecule has 47 heavy (non-hydrogen) atoms. The maximum absolute atomic E-state index is 14.9. The summed E-state index contributed by atoms with van der Waals surface area (Å²) in [7, 11) is 0. The lowest BCUT2D eigenvalue weighted by Gasteiger charge is -2.40. The van der Waals surface area contributed by atoms with Crippen molar-refractivity contribution < 1.29 is 29.0 Å². The van der Waals surface area contributed by atoms with Gasteiger partial charge in [0.1, 0.15) is 11.6 Å². The van der Waals surface area contributed by atoms with E-state index < -0.39 is 42.2 Å². The SMILES string of the molecule is C=CCN(CCN1CCOCC1)C(=O)C1N([C@H](CO)c2ccccc2)C(=O)[C@@H]2[C@@H](C(=O)N(CC=C)c3ccccc3)[C@@H]3OC12CC3Br. The van der Waals surface area contributed by atoms with Gasteiger partial charge in [0, 0.05) is 49.8 Å². The van der Waals surface area contributed by atoms with Crippen LogP contribution in [0.3, 0.4) is 0 Å². The van der Waals surface area contributed by atoms with E-state index in [4.69, 9.17) is 9.47 Å². The molecule has 0 saturated carbocycles. The van der Waals surface area contributed by atoms with Gasteiger partial charge < -0.3 is 29.3 Å². The van der Waals surface area contributed by atoms with Crippen LogP contribution < -0.4 is 4.90 Å². The van der Waals surface area contributed by atoms with Gasteiger partial charge >= 0.3 is 0 Å². The number of anilines is 1. The zero-order chi connectivity index (χ0) is 33.1. The lowest BCUT2D eigenvalue weighted by atomic mass is 9.70. The molecule has 4 saturated heterocycles. The number of carbonyl (C=O) groups is 3. The van der Waals surface area contributed by atoms with Gasteiger partial charge in [0.25, 0.3) is 0 Å². The molecule has 0 radical (unpaired) electrons. The minimum atomic E-state index is -1.27. The first-order valence-electron chi connectivity index (χ1n) is 16.3. The van der Waals surface area contributed by atoms with Crippen LogP contribution in [0.1, 0.15) is 18.0 Å². The van der Waals surface area contributed by atoms with Crippen molar-refractivity contribution in [3.8, 4) is 0 Å². The van der Waals surface area contributed by atoms with Crippen molar-refractivity contribution >= 4 is 39.3 Å². The molecule has 4 aliphatic heterocycles. The average molecular weight is 708 g/mol. The molecule has 0 aliphatic carbocycles. The molecule has 0 aromatic heterocycles. The molecule has 2 aromatic rings. The van der Waals surface area contributed by atoms with Crippen molar-refractivity contribution in [1.82, 2.24) is 14.7 Å². The predicted octanol–water partition coefficient (Wildman–Crippen LogP) is 3.03. The van der Waals surface area contributed by atoms with Crippen LogP contribution in [0.4, 0.5) is 5.69 Å². The van der Waals surface area contributed by atoms with E-state index in [0.29, 0.717) is 44.0 Å². The Labute approximate surface area is 284 Å². The Kier molecular flexibility index (Phi) is 10.3.